The van der Waals surface area contributed by atoms with Crippen LogP contribution in [0.5, 0.6) is 0 Å². The van der Waals surface area contributed by atoms with Crippen LogP contribution in [-0.2, 0) is 0 Å². The van der Waals surface area contributed by atoms with E-state index < -0.39 is 5.60 Å². The van der Waals surface area contributed by atoms with E-state index in [-0.39, 0.29) is 0 Å². The number of benzene rings is 1. The third kappa shape index (κ3) is 1.97. The van der Waals surface area contributed by atoms with Crippen molar-refractivity contribution in [1.29, 1.82) is 0 Å². The lowest BCUT2D eigenvalue weighted by Crippen LogP contribution is -2.34. The van der Waals surface area contributed by atoms with E-state index in [0.29, 0.717) is 0 Å². The molecule has 0 saturated heterocycles. The Morgan fingerprint density at radius 3 is 2.71 bits per heavy atom. The first-order valence-corrected chi connectivity index (χ1v) is 5.00. The molecule has 0 aliphatic heterocycles. The summed E-state index contributed by atoms with van der Waals surface area (Å²) in [5.41, 5.74) is 1.51. The molecule has 72 valence electrons. The third-order valence-corrected chi connectivity index (χ3v) is 2.64. The average Bonchev–Trinajstić information content (AvgIpc) is 2.12. The maximum absolute atomic E-state index is 9.77. The minimum Gasteiger partial charge on any atom is -0.378 e. The Labute approximate surface area is 84.8 Å². The molecule has 14 heavy (non-hydrogen) atoms. The molecule has 1 aliphatic carbocycles. The summed E-state index contributed by atoms with van der Waals surface area (Å²) < 4.78 is 0. The van der Waals surface area contributed by atoms with Gasteiger partial charge >= 0.3 is 0 Å². The zero-order valence-electron chi connectivity index (χ0n) is 8.38. The lowest BCUT2D eigenvalue weighted by molar-refractivity contribution is 0.0240. The Kier molecular flexibility index (Phi) is 2.31. The van der Waals surface area contributed by atoms with E-state index in [0.717, 1.165) is 24.8 Å². The van der Waals surface area contributed by atoms with Gasteiger partial charge in [-0.25, -0.2) is 0 Å². The van der Waals surface area contributed by atoms with Crippen LogP contribution in [0.4, 0.5) is 0 Å². The zero-order valence-corrected chi connectivity index (χ0v) is 8.38. The fraction of sp³-hybridized carbons (Fsp3) is 0.385. The van der Waals surface area contributed by atoms with E-state index in [2.05, 4.69) is 11.8 Å². The van der Waals surface area contributed by atoms with Crippen LogP contribution in [0.1, 0.15) is 30.4 Å². The van der Waals surface area contributed by atoms with Crippen molar-refractivity contribution in [2.24, 2.45) is 0 Å². The molecular weight excluding hydrogens is 172 g/mol. The van der Waals surface area contributed by atoms with E-state index in [9.17, 15) is 5.11 Å². The van der Waals surface area contributed by atoms with Crippen molar-refractivity contribution in [3.63, 3.8) is 0 Å². The van der Waals surface area contributed by atoms with Crippen molar-refractivity contribution < 1.29 is 5.11 Å². The number of rotatable bonds is 0. The molecule has 0 aromatic heterocycles. The van der Waals surface area contributed by atoms with Crippen molar-refractivity contribution in [3.05, 3.63) is 35.4 Å². The second-order valence-corrected chi connectivity index (χ2v) is 4.00. The van der Waals surface area contributed by atoms with Crippen LogP contribution in [0.25, 0.3) is 0 Å². The summed E-state index contributed by atoms with van der Waals surface area (Å²) in [4.78, 5) is 0. The lowest BCUT2D eigenvalue weighted by Gasteiger charge is -2.30. The van der Waals surface area contributed by atoms with Crippen molar-refractivity contribution in [2.75, 3.05) is 0 Å². The number of hydrogen-bond acceptors (Lipinski definition) is 1. The molecule has 1 aliphatic rings. The Bertz CT molecular complexity index is 391. The summed E-state index contributed by atoms with van der Waals surface area (Å²) in [7, 11) is 0. The molecule has 0 bridgehead atoms. The number of aliphatic hydroxyl groups is 1. The Hall–Kier alpha value is -1.26. The van der Waals surface area contributed by atoms with Gasteiger partial charge in [0.15, 0.2) is 0 Å². The van der Waals surface area contributed by atoms with Crippen LogP contribution < -0.4 is 0 Å². The minimum absolute atomic E-state index is 0.691. The highest BCUT2D eigenvalue weighted by Crippen LogP contribution is 2.30. The van der Waals surface area contributed by atoms with Gasteiger partial charge in [-0.1, -0.05) is 24.0 Å². The normalized spacial score (nSPS) is 17.9. The van der Waals surface area contributed by atoms with Crippen molar-refractivity contribution in [3.8, 4) is 11.8 Å². The van der Waals surface area contributed by atoms with Crippen LogP contribution in [0.3, 0.4) is 0 Å². The van der Waals surface area contributed by atoms with Crippen molar-refractivity contribution >= 4 is 0 Å². The Balaban J connectivity index is 2.17. The second kappa shape index (κ2) is 3.48. The standard InChI is InChI=1S/C13H14O/c1-11-4-2-5-12(10-11)6-9-13(14)7-3-8-13/h2,4-5,10,14H,3,7-8H2,1H3. The summed E-state index contributed by atoms with van der Waals surface area (Å²) in [5.74, 6) is 5.97. The number of hydrogen-bond donors (Lipinski definition) is 1. The first-order valence-electron chi connectivity index (χ1n) is 5.00. The first kappa shape index (κ1) is 9.30. The average molecular weight is 186 g/mol. The molecule has 0 amide bonds. The quantitative estimate of drug-likeness (QED) is 0.616. The van der Waals surface area contributed by atoms with Crippen LogP contribution in [-0.4, -0.2) is 10.7 Å². The number of aryl methyl sites for hydroxylation is 1. The lowest BCUT2D eigenvalue weighted by atomic mass is 9.81. The van der Waals surface area contributed by atoms with Gasteiger partial charge in [-0.15, -0.1) is 0 Å². The zero-order chi connectivity index (χ0) is 10.0. The van der Waals surface area contributed by atoms with E-state index in [1.165, 1.54) is 5.56 Å². The topological polar surface area (TPSA) is 20.2 Å². The van der Waals surface area contributed by atoms with Gasteiger partial charge in [0.2, 0.25) is 0 Å². The molecule has 1 aromatic rings. The smallest absolute Gasteiger partial charge is 0.125 e. The molecular formula is C13H14O. The summed E-state index contributed by atoms with van der Waals surface area (Å²) in [6, 6.07) is 8.05. The fourth-order valence-corrected chi connectivity index (χ4v) is 1.55. The SMILES string of the molecule is Cc1cccc(C#CC2(O)CCC2)c1. The highest BCUT2D eigenvalue weighted by atomic mass is 16.3. The second-order valence-electron chi connectivity index (χ2n) is 4.00. The van der Waals surface area contributed by atoms with Gasteiger partial charge in [-0.2, -0.15) is 0 Å². The monoisotopic (exact) mass is 186 g/mol. The summed E-state index contributed by atoms with van der Waals surface area (Å²) in [6.07, 6.45) is 2.75. The molecule has 0 spiro atoms. The van der Waals surface area contributed by atoms with Crippen LogP contribution in [0.2, 0.25) is 0 Å². The van der Waals surface area contributed by atoms with Gasteiger partial charge in [0.05, 0.1) is 0 Å². The van der Waals surface area contributed by atoms with Crippen molar-refractivity contribution in [1.82, 2.24) is 0 Å². The molecule has 0 radical (unpaired) electrons. The molecule has 1 heteroatoms. The first-order chi connectivity index (χ1) is 6.68. The molecule has 1 aromatic carbocycles. The van der Waals surface area contributed by atoms with Gasteiger partial charge in [-0.3, -0.25) is 0 Å². The van der Waals surface area contributed by atoms with Gasteiger partial charge in [-0.05, 0) is 43.9 Å². The van der Waals surface area contributed by atoms with Gasteiger partial charge in [0.1, 0.15) is 5.60 Å². The van der Waals surface area contributed by atoms with E-state index >= 15 is 0 Å². The highest BCUT2D eigenvalue weighted by Gasteiger charge is 2.31. The molecule has 0 atom stereocenters. The van der Waals surface area contributed by atoms with E-state index in [1.807, 2.05) is 31.2 Å². The Morgan fingerprint density at radius 2 is 2.14 bits per heavy atom. The highest BCUT2D eigenvalue weighted by molar-refractivity contribution is 5.38. The van der Waals surface area contributed by atoms with Crippen LogP contribution in [0.15, 0.2) is 24.3 Å². The largest absolute Gasteiger partial charge is 0.378 e. The predicted molar refractivity (Wildman–Crippen MR) is 56.9 cm³/mol. The summed E-state index contributed by atoms with van der Waals surface area (Å²) >= 11 is 0. The van der Waals surface area contributed by atoms with Crippen LogP contribution >= 0.6 is 0 Å². The van der Waals surface area contributed by atoms with Crippen LogP contribution in [0, 0.1) is 18.8 Å². The van der Waals surface area contributed by atoms with E-state index in [4.69, 9.17) is 0 Å². The van der Waals surface area contributed by atoms with Gasteiger partial charge in [0.25, 0.3) is 0 Å². The molecule has 1 nitrogen and oxygen atoms in total. The van der Waals surface area contributed by atoms with Crippen molar-refractivity contribution in [2.45, 2.75) is 31.8 Å². The molecule has 0 unspecified atom stereocenters. The molecule has 2 rings (SSSR count). The van der Waals surface area contributed by atoms with Gasteiger partial charge in [0, 0.05) is 5.56 Å². The maximum Gasteiger partial charge on any atom is 0.125 e. The molecule has 1 fully saturated rings. The molecule has 0 heterocycles. The summed E-state index contributed by atoms with van der Waals surface area (Å²) in [6.45, 7) is 2.04. The Morgan fingerprint density at radius 1 is 1.36 bits per heavy atom. The minimum atomic E-state index is -0.691. The van der Waals surface area contributed by atoms with Gasteiger partial charge < -0.3 is 5.11 Å². The summed E-state index contributed by atoms with van der Waals surface area (Å²) in [5, 5.41) is 9.77. The fourth-order valence-electron chi connectivity index (χ4n) is 1.55. The predicted octanol–water partition coefficient (Wildman–Crippen LogP) is 2.26. The van der Waals surface area contributed by atoms with E-state index in [1.54, 1.807) is 0 Å². The molecule has 1 saturated carbocycles. The maximum atomic E-state index is 9.77. The molecule has 1 N–H and O–H groups in total. The third-order valence-electron chi connectivity index (χ3n) is 2.64.